The van der Waals surface area contributed by atoms with E-state index >= 15 is 0 Å². The molecule has 0 amide bonds. The van der Waals surface area contributed by atoms with E-state index in [2.05, 4.69) is 0 Å². The van der Waals surface area contributed by atoms with Gasteiger partial charge in [-0.2, -0.15) is 0 Å². The minimum Gasteiger partial charge on any atom is -0.477 e. The van der Waals surface area contributed by atoms with E-state index in [1.165, 1.54) is 0 Å². The summed E-state index contributed by atoms with van der Waals surface area (Å²) >= 11 is 5.89. The number of hydrogen-bond donors (Lipinski definition) is 0. The van der Waals surface area contributed by atoms with Crippen LogP contribution in [0.1, 0.15) is 31.2 Å². The van der Waals surface area contributed by atoms with Gasteiger partial charge in [-0.25, -0.2) is 0 Å². The molecule has 0 N–H and O–H groups in total. The number of halogens is 1. The molecule has 1 aliphatic heterocycles. The second-order valence-corrected chi connectivity index (χ2v) is 6.05. The van der Waals surface area contributed by atoms with Crippen LogP contribution in [-0.2, 0) is 14.3 Å². The highest BCUT2D eigenvalue weighted by molar-refractivity contribution is 6.30. The van der Waals surface area contributed by atoms with Gasteiger partial charge in [-0.1, -0.05) is 23.7 Å². The molecular formula is C17H18ClNO3. The lowest BCUT2D eigenvalue weighted by molar-refractivity contribution is -0.124. The molecule has 1 aliphatic carbocycles. The molecule has 2 fully saturated rings. The lowest BCUT2D eigenvalue weighted by atomic mass is 9.80. The van der Waals surface area contributed by atoms with Crippen molar-refractivity contribution in [2.75, 3.05) is 19.7 Å². The average molecular weight is 320 g/mol. The normalized spacial score (nSPS) is 22.3. The maximum absolute atomic E-state index is 12.5. The van der Waals surface area contributed by atoms with Crippen molar-refractivity contribution < 1.29 is 14.3 Å². The number of likely N-dealkylation sites (N-methyl/N-ethyl adjacent to an activating group) is 1. The van der Waals surface area contributed by atoms with E-state index in [1.54, 1.807) is 12.1 Å². The van der Waals surface area contributed by atoms with Crippen molar-refractivity contribution in [1.82, 2.24) is 4.90 Å². The summed E-state index contributed by atoms with van der Waals surface area (Å²) in [5.74, 6) is 0.170. The molecule has 1 saturated heterocycles. The molecule has 0 bridgehead atoms. The van der Waals surface area contributed by atoms with Crippen LogP contribution in [-0.4, -0.2) is 36.2 Å². The number of Topliss-reactive ketones (excluding diaryl/α,β-unsaturated/α-hetero) is 2. The van der Waals surface area contributed by atoms with Gasteiger partial charge in [-0.3, -0.25) is 9.59 Å². The molecule has 5 heteroatoms. The van der Waals surface area contributed by atoms with Gasteiger partial charge in [0.05, 0.1) is 6.54 Å². The fourth-order valence-corrected chi connectivity index (χ4v) is 3.19. The highest BCUT2D eigenvalue weighted by Gasteiger charge is 2.37. The lowest BCUT2D eigenvalue weighted by Gasteiger charge is -2.25. The third kappa shape index (κ3) is 2.75. The molecule has 1 aromatic carbocycles. The number of ether oxygens (including phenoxy) is 1. The van der Waals surface area contributed by atoms with Crippen LogP contribution in [0.4, 0.5) is 0 Å². The molecule has 0 atom stereocenters. The first-order valence-corrected chi connectivity index (χ1v) is 7.91. The van der Waals surface area contributed by atoms with Crippen molar-refractivity contribution in [2.24, 2.45) is 0 Å². The minimum atomic E-state index is -0.119. The summed E-state index contributed by atoms with van der Waals surface area (Å²) in [5.41, 5.74) is 1.24. The first-order valence-electron chi connectivity index (χ1n) is 7.54. The Bertz CT molecular complexity index is 616. The summed E-state index contributed by atoms with van der Waals surface area (Å²) in [4.78, 5) is 26.9. The van der Waals surface area contributed by atoms with Gasteiger partial charge in [0.15, 0.2) is 11.6 Å². The second kappa shape index (κ2) is 6.13. The Kier molecular flexibility index (Phi) is 4.21. The monoisotopic (exact) mass is 319 g/mol. The van der Waals surface area contributed by atoms with Crippen LogP contribution >= 0.6 is 11.6 Å². The van der Waals surface area contributed by atoms with Gasteiger partial charge in [0.2, 0.25) is 5.88 Å². The quantitative estimate of drug-likeness (QED) is 0.621. The Morgan fingerprint density at radius 2 is 1.82 bits per heavy atom. The van der Waals surface area contributed by atoms with Gasteiger partial charge in [0.1, 0.15) is 12.2 Å². The van der Waals surface area contributed by atoms with Crippen LogP contribution in [0.2, 0.25) is 5.02 Å². The summed E-state index contributed by atoms with van der Waals surface area (Å²) in [6.07, 6.45) is 0.681. The number of carbonyl (C=O) groups excluding carboxylic acids is 2. The standard InChI is InChI=1S/C17H18ClNO3/c1-2-19-7-8-22-17(19)16-14(20)9-12(10-15(16)21)11-3-5-13(18)6-4-11/h3-6,12H,2,7-10H2,1H3. The maximum Gasteiger partial charge on any atom is 0.204 e. The third-order valence-electron chi connectivity index (χ3n) is 4.25. The van der Waals surface area contributed by atoms with Crippen LogP contribution < -0.4 is 0 Å². The van der Waals surface area contributed by atoms with Gasteiger partial charge in [0, 0.05) is 24.4 Å². The van der Waals surface area contributed by atoms with Gasteiger partial charge in [0.25, 0.3) is 0 Å². The Morgan fingerprint density at radius 1 is 1.18 bits per heavy atom. The molecule has 0 aromatic heterocycles. The molecule has 2 aliphatic rings. The Balaban J connectivity index is 1.86. The fraction of sp³-hybridized carbons (Fsp3) is 0.412. The smallest absolute Gasteiger partial charge is 0.204 e. The fourth-order valence-electron chi connectivity index (χ4n) is 3.07. The number of hydrogen-bond acceptors (Lipinski definition) is 4. The molecule has 1 aromatic rings. The third-order valence-corrected chi connectivity index (χ3v) is 4.50. The molecule has 1 saturated carbocycles. The SMILES string of the molecule is CCN1CCOC1=C1C(=O)CC(c2ccc(Cl)cc2)CC1=O. The molecular weight excluding hydrogens is 302 g/mol. The van der Waals surface area contributed by atoms with E-state index in [-0.39, 0.29) is 23.1 Å². The maximum atomic E-state index is 12.5. The number of ketones is 2. The van der Waals surface area contributed by atoms with Gasteiger partial charge in [-0.15, -0.1) is 0 Å². The van der Waals surface area contributed by atoms with Crippen molar-refractivity contribution in [3.8, 4) is 0 Å². The summed E-state index contributed by atoms with van der Waals surface area (Å²) in [6, 6.07) is 7.35. The zero-order valence-electron chi connectivity index (χ0n) is 12.5. The number of carbonyl (C=O) groups is 2. The van der Waals surface area contributed by atoms with E-state index in [0.717, 1.165) is 18.7 Å². The van der Waals surface area contributed by atoms with Crippen LogP contribution in [0, 0.1) is 0 Å². The zero-order valence-corrected chi connectivity index (χ0v) is 13.2. The Morgan fingerprint density at radius 3 is 2.41 bits per heavy atom. The highest BCUT2D eigenvalue weighted by Crippen LogP contribution is 2.34. The largest absolute Gasteiger partial charge is 0.477 e. The van der Waals surface area contributed by atoms with Gasteiger partial charge < -0.3 is 9.64 Å². The summed E-state index contributed by atoms with van der Waals surface area (Å²) < 4.78 is 5.54. The van der Waals surface area contributed by atoms with Crippen molar-refractivity contribution in [3.63, 3.8) is 0 Å². The summed E-state index contributed by atoms with van der Waals surface area (Å²) in [5, 5.41) is 0.651. The molecule has 4 nitrogen and oxygen atoms in total. The van der Waals surface area contributed by atoms with E-state index in [1.807, 2.05) is 24.0 Å². The first-order chi connectivity index (χ1) is 10.6. The Hall–Kier alpha value is -1.81. The van der Waals surface area contributed by atoms with E-state index in [9.17, 15) is 9.59 Å². The van der Waals surface area contributed by atoms with Gasteiger partial charge in [-0.05, 0) is 30.5 Å². The van der Waals surface area contributed by atoms with E-state index in [4.69, 9.17) is 16.3 Å². The Labute approximate surface area is 134 Å². The summed E-state index contributed by atoms with van der Waals surface area (Å²) in [6.45, 7) is 3.99. The number of nitrogens with zero attached hydrogens (tertiary/aromatic N) is 1. The highest BCUT2D eigenvalue weighted by atomic mass is 35.5. The predicted molar refractivity (Wildman–Crippen MR) is 83.7 cm³/mol. The number of allylic oxidation sites excluding steroid dienone is 1. The van der Waals surface area contributed by atoms with Crippen LogP contribution in [0.25, 0.3) is 0 Å². The van der Waals surface area contributed by atoms with Crippen molar-refractivity contribution in [3.05, 3.63) is 46.3 Å². The lowest BCUT2D eigenvalue weighted by Crippen LogP contribution is -2.30. The molecule has 0 unspecified atom stereocenters. The molecule has 0 spiro atoms. The van der Waals surface area contributed by atoms with Crippen LogP contribution in [0.3, 0.4) is 0 Å². The molecule has 1 heterocycles. The number of benzene rings is 1. The molecule has 0 radical (unpaired) electrons. The first kappa shape index (κ1) is 15.1. The number of rotatable bonds is 2. The van der Waals surface area contributed by atoms with Crippen LogP contribution in [0.15, 0.2) is 35.7 Å². The zero-order chi connectivity index (χ0) is 15.7. The second-order valence-electron chi connectivity index (χ2n) is 5.61. The molecule has 22 heavy (non-hydrogen) atoms. The average Bonchev–Trinajstić information content (AvgIpc) is 2.95. The topological polar surface area (TPSA) is 46.6 Å². The van der Waals surface area contributed by atoms with Crippen molar-refractivity contribution in [1.29, 1.82) is 0 Å². The van der Waals surface area contributed by atoms with Crippen molar-refractivity contribution in [2.45, 2.75) is 25.7 Å². The molecule has 3 rings (SSSR count). The minimum absolute atomic E-state index is 0.0712. The van der Waals surface area contributed by atoms with Gasteiger partial charge >= 0.3 is 0 Å². The van der Waals surface area contributed by atoms with Crippen LogP contribution in [0.5, 0.6) is 0 Å². The molecule has 116 valence electrons. The summed E-state index contributed by atoms with van der Waals surface area (Å²) in [7, 11) is 0. The van der Waals surface area contributed by atoms with E-state index in [0.29, 0.717) is 30.4 Å². The predicted octanol–water partition coefficient (Wildman–Crippen LogP) is 2.92. The van der Waals surface area contributed by atoms with Crippen molar-refractivity contribution >= 4 is 23.2 Å². The van der Waals surface area contributed by atoms with E-state index < -0.39 is 0 Å².